The SMILES string of the molecule is CC1NNC(C)C1CN1CCC1c1ccc(F)cc1. The van der Waals surface area contributed by atoms with Gasteiger partial charge in [-0.15, -0.1) is 0 Å². The molecule has 2 aliphatic heterocycles. The molecule has 0 bridgehead atoms. The van der Waals surface area contributed by atoms with Crippen LogP contribution >= 0.6 is 0 Å². The number of nitrogens with zero attached hydrogens (tertiary/aromatic N) is 1. The quantitative estimate of drug-likeness (QED) is 0.874. The minimum absolute atomic E-state index is 0.152. The molecule has 3 nitrogen and oxygen atoms in total. The van der Waals surface area contributed by atoms with Gasteiger partial charge in [-0.25, -0.2) is 4.39 Å². The van der Waals surface area contributed by atoms with Crippen molar-refractivity contribution in [2.24, 2.45) is 5.92 Å². The fourth-order valence-electron chi connectivity index (χ4n) is 3.22. The molecule has 3 atom stereocenters. The third-order valence-corrected chi connectivity index (χ3v) is 4.65. The largest absolute Gasteiger partial charge is 0.296 e. The van der Waals surface area contributed by atoms with Gasteiger partial charge in [0.15, 0.2) is 0 Å². The topological polar surface area (TPSA) is 27.3 Å². The van der Waals surface area contributed by atoms with Gasteiger partial charge in [0.25, 0.3) is 0 Å². The number of rotatable bonds is 3. The molecule has 0 aromatic heterocycles. The molecular formula is C15H22FN3. The highest BCUT2D eigenvalue weighted by Gasteiger charge is 2.36. The Bertz CT molecular complexity index is 424. The maximum Gasteiger partial charge on any atom is 0.123 e. The number of likely N-dealkylation sites (tertiary alicyclic amines) is 1. The van der Waals surface area contributed by atoms with Gasteiger partial charge < -0.3 is 0 Å². The summed E-state index contributed by atoms with van der Waals surface area (Å²) in [6.45, 7) is 6.71. The van der Waals surface area contributed by atoms with Gasteiger partial charge in [0.2, 0.25) is 0 Å². The van der Waals surface area contributed by atoms with E-state index in [-0.39, 0.29) is 5.82 Å². The van der Waals surface area contributed by atoms with Crippen LogP contribution in [-0.2, 0) is 0 Å². The molecule has 2 N–H and O–H groups in total. The van der Waals surface area contributed by atoms with Crippen molar-refractivity contribution in [1.29, 1.82) is 0 Å². The zero-order chi connectivity index (χ0) is 13.4. The van der Waals surface area contributed by atoms with Crippen LogP contribution in [0.1, 0.15) is 31.9 Å². The number of halogens is 1. The predicted octanol–water partition coefficient (Wildman–Crippen LogP) is 2.07. The smallest absolute Gasteiger partial charge is 0.123 e. The molecule has 1 aromatic carbocycles. The molecule has 0 spiro atoms. The van der Waals surface area contributed by atoms with E-state index in [1.807, 2.05) is 12.1 Å². The Labute approximate surface area is 114 Å². The van der Waals surface area contributed by atoms with Gasteiger partial charge in [0.05, 0.1) is 0 Å². The molecule has 0 radical (unpaired) electrons. The molecule has 2 aliphatic rings. The summed E-state index contributed by atoms with van der Waals surface area (Å²) in [6.07, 6.45) is 1.18. The average Bonchev–Trinajstić information content (AvgIpc) is 2.68. The van der Waals surface area contributed by atoms with E-state index in [1.165, 1.54) is 12.0 Å². The summed E-state index contributed by atoms with van der Waals surface area (Å²) in [5.41, 5.74) is 7.86. The first-order chi connectivity index (χ1) is 9.15. The summed E-state index contributed by atoms with van der Waals surface area (Å²) in [6, 6.07) is 8.45. The van der Waals surface area contributed by atoms with Crippen molar-refractivity contribution >= 4 is 0 Å². The maximum absolute atomic E-state index is 13.0. The molecule has 19 heavy (non-hydrogen) atoms. The first kappa shape index (κ1) is 13.0. The second kappa shape index (κ2) is 5.19. The molecule has 1 aromatic rings. The molecule has 3 unspecified atom stereocenters. The van der Waals surface area contributed by atoms with Crippen LogP contribution in [0.2, 0.25) is 0 Å². The number of hydrogen-bond acceptors (Lipinski definition) is 3. The minimum atomic E-state index is -0.152. The van der Waals surface area contributed by atoms with Crippen molar-refractivity contribution in [1.82, 2.24) is 15.8 Å². The first-order valence-corrected chi connectivity index (χ1v) is 7.15. The number of hydrazine groups is 1. The highest BCUT2D eigenvalue weighted by Crippen LogP contribution is 2.34. The van der Waals surface area contributed by atoms with E-state index in [1.54, 1.807) is 12.1 Å². The lowest BCUT2D eigenvalue weighted by Crippen LogP contribution is -2.46. The fourth-order valence-corrected chi connectivity index (χ4v) is 3.22. The number of nitrogens with one attached hydrogen (secondary N) is 2. The van der Waals surface area contributed by atoms with E-state index in [2.05, 4.69) is 29.6 Å². The fraction of sp³-hybridized carbons (Fsp3) is 0.600. The lowest BCUT2D eigenvalue weighted by Gasteiger charge is -2.43. The molecule has 2 fully saturated rings. The van der Waals surface area contributed by atoms with Gasteiger partial charge in [-0.1, -0.05) is 12.1 Å². The molecule has 2 heterocycles. The number of benzene rings is 1. The summed E-state index contributed by atoms with van der Waals surface area (Å²) in [5.74, 6) is 0.476. The Balaban J connectivity index is 1.65. The van der Waals surface area contributed by atoms with Crippen molar-refractivity contribution in [3.8, 4) is 0 Å². The Morgan fingerprint density at radius 1 is 1.16 bits per heavy atom. The van der Waals surface area contributed by atoms with E-state index in [0.29, 0.717) is 24.0 Å². The summed E-state index contributed by atoms with van der Waals surface area (Å²) in [5, 5.41) is 0. The van der Waals surface area contributed by atoms with Gasteiger partial charge >= 0.3 is 0 Å². The molecule has 104 valence electrons. The Morgan fingerprint density at radius 2 is 1.79 bits per heavy atom. The summed E-state index contributed by atoms with van der Waals surface area (Å²) in [4.78, 5) is 2.51. The summed E-state index contributed by atoms with van der Waals surface area (Å²) < 4.78 is 13.0. The van der Waals surface area contributed by atoms with Crippen LogP contribution in [0.5, 0.6) is 0 Å². The van der Waals surface area contributed by atoms with Crippen LogP contribution in [0.15, 0.2) is 24.3 Å². The van der Waals surface area contributed by atoms with Gasteiger partial charge in [-0.2, -0.15) is 0 Å². The second-order valence-electron chi connectivity index (χ2n) is 5.88. The van der Waals surface area contributed by atoms with Crippen molar-refractivity contribution < 1.29 is 4.39 Å². The monoisotopic (exact) mass is 263 g/mol. The van der Waals surface area contributed by atoms with Crippen molar-refractivity contribution in [2.45, 2.75) is 38.4 Å². The lowest BCUT2D eigenvalue weighted by molar-refractivity contribution is 0.0663. The third kappa shape index (κ3) is 2.53. The Hall–Kier alpha value is -0.970. The molecule has 4 heteroatoms. The average molecular weight is 263 g/mol. The van der Waals surface area contributed by atoms with Crippen molar-refractivity contribution in [3.05, 3.63) is 35.6 Å². The molecule has 3 rings (SSSR count). The normalized spacial score (nSPS) is 35.3. The Morgan fingerprint density at radius 3 is 2.32 bits per heavy atom. The third-order valence-electron chi connectivity index (χ3n) is 4.65. The van der Waals surface area contributed by atoms with Crippen LogP contribution < -0.4 is 10.9 Å². The van der Waals surface area contributed by atoms with Crippen LogP contribution in [0.4, 0.5) is 4.39 Å². The van der Waals surface area contributed by atoms with E-state index >= 15 is 0 Å². The molecule has 0 amide bonds. The molecule has 0 saturated carbocycles. The highest BCUT2D eigenvalue weighted by molar-refractivity contribution is 5.22. The standard InChI is InChI=1S/C15H22FN3/c1-10-14(11(2)18-17-10)9-19-8-7-15(19)12-3-5-13(16)6-4-12/h3-6,10-11,14-15,17-18H,7-9H2,1-2H3. The second-order valence-corrected chi connectivity index (χ2v) is 5.88. The van der Waals surface area contributed by atoms with E-state index in [4.69, 9.17) is 0 Å². The summed E-state index contributed by atoms with van der Waals surface area (Å²) in [7, 11) is 0. The first-order valence-electron chi connectivity index (χ1n) is 7.15. The van der Waals surface area contributed by atoms with E-state index in [9.17, 15) is 4.39 Å². The zero-order valence-electron chi connectivity index (χ0n) is 11.6. The van der Waals surface area contributed by atoms with Crippen LogP contribution in [-0.4, -0.2) is 30.1 Å². The van der Waals surface area contributed by atoms with E-state index in [0.717, 1.165) is 13.1 Å². The molecule has 0 aliphatic carbocycles. The summed E-state index contributed by atoms with van der Waals surface area (Å²) >= 11 is 0. The molecular weight excluding hydrogens is 241 g/mol. The maximum atomic E-state index is 13.0. The van der Waals surface area contributed by atoms with Gasteiger partial charge in [0.1, 0.15) is 5.82 Å². The lowest BCUT2D eigenvalue weighted by atomic mass is 9.89. The predicted molar refractivity (Wildman–Crippen MR) is 74.0 cm³/mol. The number of hydrogen-bond donors (Lipinski definition) is 2. The van der Waals surface area contributed by atoms with E-state index < -0.39 is 0 Å². The zero-order valence-corrected chi connectivity index (χ0v) is 11.6. The van der Waals surface area contributed by atoms with Crippen LogP contribution in [0.25, 0.3) is 0 Å². The van der Waals surface area contributed by atoms with Gasteiger partial charge in [0, 0.05) is 37.1 Å². The van der Waals surface area contributed by atoms with Crippen LogP contribution in [0, 0.1) is 11.7 Å². The Kier molecular flexibility index (Phi) is 3.56. The van der Waals surface area contributed by atoms with Gasteiger partial charge in [-0.3, -0.25) is 15.8 Å². The highest BCUT2D eigenvalue weighted by atomic mass is 19.1. The van der Waals surface area contributed by atoms with Crippen molar-refractivity contribution in [3.63, 3.8) is 0 Å². The minimum Gasteiger partial charge on any atom is -0.296 e. The van der Waals surface area contributed by atoms with Crippen LogP contribution in [0.3, 0.4) is 0 Å². The van der Waals surface area contributed by atoms with Gasteiger partial charge in [-0.05, 0) is 38.0 Å². The molecule has 2 saturated heterocycles. The van der Waals surface area contributed by atoms with Crippen molar-refractivity contribution in [2.75, 3.05) is 13.1 Å².